The Balaban J connectivity index is 2.21. The van der Waals surface area contributed by atoms with Crippen LogP contribution in [0.25, 0.3) is 0 Å². The van der Waals surface area contributed by atoms with E-state index < -0.39 is 0 Å². The normalized spacial score (nSPS) is 14.8. The molecule has 1 heterocycles. The zero-order chi connectivity index (χ0) is 14.5. The number of hydrogen-bond donors (Lipinski definition) is 1. The van der Waals surface area contributed by atoms with E-state index in [0.717, 1.165) is 31.5 Å². The summed E-state index contributed by atoms with van der Waals surface area (Å²) >= 11 is 0. The zero-order valence-corrected chi connectivity index (χ0v) is 13.1. The second kappa shape index (κ2) is 6.72. The van der Waals surface area contributed by atoms with Gasteiger partial charge in [0.15, 0.2) is 0 Å². The fourth-order valence-electron chi connectivity index (χ4n) is 2.27. The standard InChI is InChI=1S/C14H26N6/c1-5-15-12-16-13(19(3)4)18-14(17-12)20(6-2)10-11-8-7-9-11/h11H,5-10H2,1-4H3,(H,15,16,17,18). The van der Waals surface area contributed by atoms with Crippen LogP contribution in [0.1, 0.15) is 33.1 Å². The minimum absolute atomic E-state index is 0.660. The van der Waals surface area contributed by atoms with Crippen molar-refractivity contribution in [1.82, 2.24) is 15.0 Å². The molecule has 0 saturated heterocycles. The van der Waals surface area contributed by atoms with Crippen LogP contribution in [0.2, 0.25) is 0 Å². The molecule has 0 amide bonds. The molecule has 1 aliphatic carbocycles. The summed E-state index contributed by atoms with van der Waals surface area (Å²) in [4.78, 5) is 17.7. The molecule has 6 nitrogen and oxygen atoms in total. The van der Waals surface area contributed by atoms with Crippen molar-refractivity contribution < 1.29 is 0 Å². The lowest BCUT2D eigenvalue weighted by Gasteiger charge is -2.32. The summed E-state index contributed by atoms with van der Waals surface area (Å²) in [5, 5.41) is 3.19. The molecule has 1 aromatic rings. The van der Waals surface area contributed by atoms with Gasteiger partial charge >= 0.3 is 0 Å². The van der Waals surface area contributed by atoms with Crippen LogP contribution in [0.4, 0.5) is 17.8 Å². The van der Waals surface area contributed by atoms with Crippen molar-refractivity contribution in [3.63, 3.8) is 0 Å². The minimum atomic E-state index is 0.660. The summed E-state index contributed by atoms with van der Waals surface area (Å²) < 4.78 is 0. The SMILES string of the molecule is CCNc1nc(N(C)C)nc(N(CC)CC2CCC2)n1. The van der Waals surface area contributed by atoms with Crippen LogP contribution in [0.5, 0.6) is 0 Å². The Labute approximate surface area is 121 Å². The molecule has 1 aromatic heterocycles. The fraction of sp³-hybridized carbons (Fsp3) is 0.786. The summed E-state index contributed by atoms with van der Waals surface area (Å²) in [7, 11) is 3.91. The first-order valence-corrected chi connectivity index (χ1v) is 7.56. The maximum absolute atomic E-state index is 4.59. The van der Waals surface area contributed by atoms with E-state index in [1.165, 1.54) is 19.3 Å². The monoisotopic (exact) mass is 278 g/mol. The molecule has 1 saturated carbocycles. The van der Waals surface area contributed by atoms with Gasteiger partial charge < -0.3 is 15.1 Å². The topological polar surface area (TPSA) is 57.2 Å². The smallest absolute Gasteiger partial charge is 0.231 e. The molecule has 0 aromatic carbocycles. The van der Waals surface area contributed by atoms with Gasteiger partial charge in [0.25, 0.3) is 0 Å². The molecule has 0 unspecified atom stereocenters. The first-order chi connectivity index (χ1) is 9.63. The van der Waals surface area contributed by atoms with Gasteiger partial charge in [0.2, 0.25) is 17.8 Å². The number of aromatic nitrogens is 3. The summed E-state index contributed by atoms with van der Waals surface area (Å²) in [5.74, 6) is 2.96. The van der Waals surface area contributed by atoms with Gasteiger partial charge in [-0.3, -0.25) is 0 Å². The second-order valence-corrected chi connectivity index (χ2v) is 5.52. The van der Waals surface area contributed by atoms with Crippen LogP contribution in [0.3, 0.4) is 0 Å². The molecule has 1 aliphatic rings. The fourth-order valence-corrected chi connectivity index (χ4v) is 2.27. The lowest BCUT2D eigenvalue weighted by Crippen LogP contribution is -2.34. The van der Waals surface area contributed by atoms with Crippen molar-refractivity contribution in [2.75, 3.05) is 48.8 Å². The lowest BCUT2D eigenvalue weighted by atomic mass is 9.85. The van der Waals surface area contributed by atoms with Crippen LogP contribution in [-0.2, 0) is 0 Å². The Hall–Kier alpha value is -1.59. The van der Waals surface area contributed by atoms with E-state index in [2.05, 4.69) is 32.1 Å². The zero-order valence-electron chi connectivity index (χ0n) is 13.1. The Kier molecular flexibility index (Phi) is 4.98. The molecule has 2 rings (SSSR count). The lowest BCUT2D eigenvalue weighted by molar-refractivity contribution is 0.317. The van der Waals surface area contributed by atoms with Gasteiger partial charge in [-0.2, -0.15) is 15.0 Å². The maximum Gasteiger partial charge on any atom is 0.231 e. The molecule has 20 heavy (non-hydrogen) atoms. The van der Waals surface area contributed by atoms with Gasteiger partial charge in [0.05, 0.1) is 0 Å². The van der Waals surface area contributed by atoms with Crippen LogP contribution >= 0.6 is 0 Å². The summed E-state index contributed by atoms with van der Waals surface area (Å²) in [6, 6.07) is 0. The number of nitrogens with zero attached hydrogens (tertiary/aromatic N) is 5. The largest absolute Gasteiger partial charge is 0.354 e. The Morgan fingerprint density at radius 1 is 1.10 bits per heavy atom. The molecule has 1 fully saturated rings. The molecular formula is C14H26N6. The predicted octanol–water partition coefficient (Wildman–Crippen LogP) is 2.00. The van der Waals surface area contributed by atoms with Crippen molar-refractivity contribution in [2.45, 2.75) is 33.1 Å². The number of nitrogens with one attached hydrogen (secondary N) is 1. The highest BCUT2D eigenvalue weighted by atomic mass is 15.3. The van der Waals surface area contributed by atoms with Crippen LogP contribution in [-0.4, -0.2) is 48.7 Å². The quantitative estimate of drug-likeness (QED) is 0.823. The first-order valence-electron chi connectivity index (χ1n) is 7.56. The van der Waals surface area contributed by atoms with Crippen molar-refractivity contribution >= 4 is 17.8 Å². The number of hydrogen-bond acceptors (Lipinski definition) is 6. The molecule has 0 bridgehead atoms. The van der Waals surface area contributed by atoms with E-state index in [4.69, 9.17) is 0 Å². The number of anilines is 3. The summed E-state index contributed by atoms with van der Waals surface area (Å²) in [5.41, 5.74) is 0. The third-order valence-corrected chi connectivity index (χ3v) is 3.71. The van der Waals surface area contributed by atoms with Gasteiger partial charge in [0, 0.05) is 33.7 Å². The van der Waals surface area contributed by atoms with Crippen LogP contribution in [0, 0.1) is 5.92 Å². The molecule has 112 valence electrons. The summed E-state index contributed by atoms with van der Waals surface area (Å²) in [6.45, 7) is 7.00. The first kappa shape index (κ1) is 14.8. The Morgan fingerprint density at radius 3 is 2.30 bits per heavy atom. The van der Waals surface area contributed by atoms with Gasteiger partial charge in [-0.1, -0.05) is 6.42 Å². The van der Waals surface area contributed by atoms with E-state index in [-0.39, 0.29) is 0 Å². The highest BCUT2D eigenvalue weighted by Gasteiger charge is 2.22. The molecule has 0 aliphatic heterocycles. The second-order valence-electron chi connectivity index (χ2n) is 5.52. The molecule has 0 spiro atoms. The van der Waals surface area contributed by atoms with Crippen molar-refractivity contribution in [1.29, 1.82) is 0 Å². The Morgan fingerprint density at radius 2 is 1.80 bits per heavy atom. The van der Waals surface area contributed by atoms with Gasteiger partial charge in [0.1, 0.15) is 0 Å². The highest BCUT2D eigenvalue weighted by Crippen LogP contribution is 2.28. The van der Waals surface area contributed by atoms with Gasteiger partial charge in [-0.25, -0.2) is 0 Å². The van der Waals surface area contributed by atoms with Crippen molar-refractivity contribution in [2.24, 2.45) is 5.92 Å². The van der Waals surface area contributed by atoms with Crippen LogP contribution in [0.15, 0.2) is 0 Å². The maximum atomic E-state index is 4.59. The van der Waals surface area contributed by atoms with Crippen LogP contribution < -0.4 is 15.1 Å². The van der Waals surface area contributed by atoms with E-state index in [1.807, 2.05) is 25.9 Å². The van der Waals surface area contributed by atoms with E-state index in [9.17, 15) is 0 Å². The average Bonchev–Trinajstić information content (AvgIpc) is 2.37. The van der Waals surface area contributed by atoms with Crippen molar-refractivity contribution in [3.8, 4) is 0 Å². The molecule has 0 atom stereocenters. The van der Waals surface area contributed by atoms with E-state index >= 15 is 0 Å². The third-order valence-electron chi connectivity index (χ3n) is 3.71. The average molecular weight is 278 g/mol. The minimum Gasteiger partial charge on any atom is -0.354 e. The van der Waals surface area contributed by atoms with Gasteiger partial charge in [-0.05, 0) is 32.6 Å². The van der Waals surface area contributed by atoms with Crippen molar-refractivity contribution in [3.05, 3.63) is 0 Å². The van der Waals surface area contributed by atoms with E-state index in [0.29, 0.717) is 11.9 Å². The number of rotatable bonds is 7. The van der Waals surface area contributed by atoms with Gasteiger partial charge in [-0.15, -0.1) is 0 Å². The van der Waals surface area contributed by atoms with E-state index in [1.54, 1.807) is 0 Å². The Bertz CT molecular complexity index is 430. The predicted molar refractivity (Wildman–Crippen MR) is 83.5 cm³/mol. The highest BCUT2D eigenvalue weighted by molar-refractivity contribution is 5.44. The molecule has 1 N–H and O–H groups in total. The third kappa shape index (κ3) is 3.49. The summed E-state index contributed by atoms with van der Waals surface area (Å²) in [6.07, 6.45) is 4.04. The molecule has 0 radical (unpaired) electrons. The molecule has 6 heteroatoms. The molecular weight excluding hydrogens is 252 g/mol.